The van der Waals surface area contributed by atoms with Crippen molar-refractivity contribution in [1.82, 2.24) is 4.98 Å². The normalized spacial score (nSPS) is 10.1. The Bertz CT molecular complexity index is 509. The summed E-state index contributed by atoms with van der Waals surface area (Å²) in [4.78, 5) is 16.3. The van der Waals surface area contributed by atoms with E-state index in [0.29, 0.717) is 16.4 Å². The summed E-state index contributed by atoms with van der Waals surface area (Å²) in [5.74, 6) is 0.277. The number of pyridine rings is 1. The van der Waals surface area contributed by atoms with Crippen LogP contribution in [0.2, 0.25) is 0 Å². The van der Waals surface area contributed by atoms with Crippen LogP contribution in [0.15, 0.2) is 34.2 Å². The Hall–Kier alpha value is -1.40. The number of anilines is 2. The Labute approximate surface area is 105 Å². The molecule has 0 radical (unpaired) electrons. The van der Waals surface area contributed by atoms with Gasteiger partial charge in [0.05, 0.1) is 16.8 Å². The van der Waals surface area contributed by atoms with Gasteiger partial charge < -0.3 is 11.1 Å². The third kappa shape index (κ3) is 2.59. The summed E-state index contributed by atoms with van der Waals surface area (Å²) in [6, 6.07) is 5.12. The summed E-state index contributed by atoms with van der Waals surface area (Å²) >= 11 is 4.67. The monoisotopic (exact) mass is 297 g/mol. The first-order valence-electron chi connectivity index (χ1n) is 4.42. The molecule has 0 unspecified atom stereocenters. The van der Waals surface area contributed by atoms with Crippen LogP contribution < -0.4 is 11.1 Å². The fraction of sp³-hybridized carbons (Fsp3) is 0. The molecule has 0 aromatic carbocycles. The lowest BCUT2D eigenvalue weighted by atomic mass is 10.3. The zero-order valence-corrected chi connectivity index (χ0v) is 10.5. The van der Waals surface area contributed by atoms with E-state index in [1.165, 1.54) is 17.5 Å². The highest BCUT2D eigenvalue weighted by Crippen LogP contribution is 2.20. The van der Waals surface area contributed by atoms with Crippen LogP contribution in [-0.2, 0) is 0 Å². The van der Waals surface area contributed by atoms with Gasteiger partial charge in [0.25, 0.3) is 5.91 Å². The molecule has 0 bridgehead atoms. The van der Waals surface area contributed by atoms with E-state index in [-0.39, 0.29) is 5.91 Å². The molecule has 0 aliphatic carbocycles. The molecule has 2 aromatic heterocycles. The molecule has 3 N–H and O–H groups in total. The second kappa shape index (κ2) is 4.63. The van der Waals surface area contributed by atoms with Gasteiger partial charge in [-0.25, -0.2) is 4.98 Å². The van der Waals surface area contributed by atoms with Gasteiger partial charge in [-0.05, 0) is 34.1 Å². The maximum Gasteiger partial charge on any atom is 0.265 e. The molecule has 0 saturated carbocycles. The number of hydrogen-bond donors (Lipinski definition) is 2. The Kier molecular flexibility index (Phi) is 3.21. The SMILES string of the molecule is Nc1ccc(NC(=O)c2cc(Br)cs2)cn1. The van der Waals surface area contributed by atoms with Crippen molar-refractivity contribution in [3.8, 4) is 0 Å². The molecule has 0 fully saturated rings. The lowest BCUT2D eigenvalue weighted by molar-refractivity contribution is 0.103. The van der Waals surface area contributed by atoms with Gasteiger partial charge in [0.1, 0.15) is 5.82 Å². The van der Waals surface area contributed by atoms with Crippen LogP contribution in [0.5, 0.6) is 0 Å². The number of nitrogens with one attached hydrogen (secondary N) is 1. The molecule has 0 aliphatic rings. The molecular formula is C10H8BrN3OS. The number of halogens is 1. The Morgan fingerprint density at radius 2 is 2.31 bits per heavy atom. The Morgan fingerprint density at radius 3 is 2.88 bits per heavy atom. The maximum absolute atomic E-state index is 11.7. The summed E-state index contributed by atoms with van der Waals surface area (Å²) in [6.07, 6.45) is 1.52. The molecule has 2 aromatic rings. The van der Waals surface area contributed by atoms with E-state index in [1.807, 2.05) is 5.38 Å². The highest BCUT2D eigenvalue weighted by atomic mass is 79.9. The standard InChI is InChI=1S/C10H8BrN3OS/c11-6-3-8(16-5-6)10(15)14-7-1-2-9(12)13-4-7/h1-5H,(H2,12,13)(H,14,15). The van der Waals surface area contributed by atoms with Crippen LogP contribution >= 0.6 is 27.3 Å². The van der Waals surface area contributed by atoms with E-state index in [2.05, 4.69) is 26.2 Å². The van der Waals surface area contributed by atoms with Gasteiger partial charge in [-0.2, -0.15) is 0 Å². The van der Waals surface area contributed by atoms with E-state index in [1.54, 1.807) is 18.2 Å². The zero-order chi connectivity index (χ0) is 11.5. The highest BCUT2D eigenvalue weighted by Gasteiger charge is 2.08. The van der Waals surface area contributed by atoms with Gasteiger partial charge in [-0.15, -0.1) is 11.3 Å². The number of nitrogens with zero attached hydrogens (tertiary/aromatic N) is 1. The molecule has 0 spiro atoms. The van der Waals surface area contributed by atoms with Gasteiger partial charge in [0.15, 0.2) is 0 Å². The number of carbonyl (C=O) groups is 1. The summed E-state index contributed by atoms with van der Waals surface area (Å²) in [6.45, 7) is 0. The molecule has 0 atom stereocenters. The average Bonchev–Trinajstić information content (AvgIpc) is 2.68. The number of hydrogen-bond acceptors (Lipinski definition) is 4. The first-order valence-corrected chi connectivity index (χ1v) is 6.09. The van der Waals surface area contributed by atoms with E-state index >= 15 is 0 Å². The smallest absolute Gasteiger partial charge is 0.265 e. The summed E-state index contributed by atoms with van der Waals surface area (Å²) in [7, 11) is 0. The average molecular weight is 298 g/mol. The van der Waals surface area contributed by atoms with Crippen LogP contribution in [0.25, 0.3) is 0 Å². The topological polar surface area (TPSA) is 68.0 Å². The van der Waals surface area contributed by atoms with Gasteiger partial charge in [0.2, 0.25) is 0 Å². The quantitative estimate of drug-likeness (QED) is 0.895. The number of thiophene rings is 1. The van der Waals surface area contributed by atoms with Crippen molar-refractivity contribution in [2.24, 2.45) is 0 Å². The molecule has 82 valence electrons. The Morgan fingerprint density at radius 1 is 1.50 bits per heavy atom. The van der Waals surface area contributed by atoms with E-state index in [4.69, 9.17) is 5.73 Å². The first kappa shape index (κ1) is 11.1. The van der Waals surface area contributed by atoms with Crippen LogP contribution in [0.3, 0.4) is 0 Å². The molecule has 2 heterocycles. The van der Waals surface area contributed by atoms with Crippen molar-refractivity contribution in [2.75, 3.05) is 11.1 Å². The Balaban J connectivity index is 2.10. The second-order valence-electron chi connectivity index (χ2n) is 3.06. The molecule has 1 amide bonds. The van der Waals surface area contributed by atoms with Crippen molar-refractivity contribution in [3.05, 3.63) is 39.1 Å². The first-order chi connectivity index (χ1) is 7.65. The van der Waals surface area contributed by atoms with E-state index in [9.17, 15) is 4.79 Å². The van der Waals surface area contributed by atoms with Gasteiger partial charge in [-0.1, -0.05) is 0 Å². The predicted molar refractivity (Wildman–Crippen MR) is 68.6 cm³/mol. The van der Waals surface area contributed by atoms with Crippen molar-refractivity contribution < 1.29 is 4.79 Å². The van der Waals surface area contributed by atoms with Gasteiger partial charge in [-0.3, -0.25) is 4.79 Å². The third-order valence-electron chi connectivity index (χ3n) is 1.84. The molecule has 0 saturated heterocycles. The third-order valence-corrected chi connectivity index (χ3v) is 3.53. The van der Waals surface area contributed by atoms with Crippen molar-refractivity contribution >= 4 is 44.7 Å². The number of amides is 1. The predicted octanol–water partition coefficient (Wildman–Crippen LogP) is 2.74. The number of carbonyl (C=O) groups excluding carboxylic acids is 1. The lowest BCUT2D eigenvalue weighted by Crippen LogP contribution is -2.10. The van der Waals surface area contributed by atoms with E-state index < -0.39 is 0 Å². The summed E-state index contributed by atoms with van der Waals surface area (Å²) < 4.78 is 0.901. The molecule has 0 aliphatic heterocycles. The van der Waals surface area contributed by atoms with Crippen molar-refractivity contribution in [1.29, 1.82) is 0 Å². The lowest BCUT2D eigenvalue weighted by Gasteiger charge is -2.02. The minimum Gasteiger partial charge on any atom is -0.384 e. The number of rotatable bonds is 2. The van der Waals surface area contributed by atoms with Gasteiger partial charge in [0, 0.05) is 9.85 Å². The second-order valence-corrected chi connectivity index (χ2v) is 4.88. The number of aromatic nitrogens is 1. The molecular weight excluding hydrogens is 290 g/mol. The summed E-state index contributed by atoms with van der Waals surface area (Å²) in [5, 5.41) is 4.59. The van der Waals surface area contributed by atoms with Crippen molar-refractivity contribution in [2.45, 2.75) is 0 Å². The largest absolute Gasteiger partial charge is 0.384 e. The fourth-order valence-electron chi connectivity index (χ4n) is 1.10. The maximum atomic E-state index is 11.7. The minimum absolute atomic E-state index is 0.151. The number of nitrogen functional groups attached to an aromatic ring is 1. The molecule has 4 nitrogen and oxygen atoms in total. The van der Waals surface area contributed by atoms with Crippen LogP contribution in [0.1, 0.15) is 9.67 Å². The molecule has 16 heavy (non-hydrogen) atoms. The molecule has 6 heteroatoms. The van der Waals surface area contributed by atoms with Gasteiger partial charge >= 0.3 is 0 Å². The van der Waals surface area contributed by atoms with Crippen molar-refractivity contribution in [3.63, 3.8) is 0 Å². The van der Waals surface area contributed by atoms with Crippen LogP contribution in [0, 0.1) is 0 Å². The summed E-state index contributed by atoms with van der Waals surface area (Å²) in [5.41, 5.74) is 6.07. The molecule has 2 rings (SSSR count). The highest BCUT2D eigenvalue weighted by molar-refractivity contribution is 9.10. The van der Waals surface area contributed by atoms with Crippen LogP contribution in [-0.4, -0.2) is 10.9 Å². The minimum atomic E-state index is -0.151. The zero-order valence-electron chi connectivity index (χ0n) is 8.11. The van der Waals surface area contributed by atoms with E-state index in [0.717, 1.165) is 4.47 Å². The van der Waals surface area contributed by atoms with Crippen LogP contribution in [0.4, 0.5) is 11.5 Å². The fourth-order valence-corrected chi connectivity index (χ4v) is 2.43. The number of nitrogens with two attached hydrogens (primary N) is 1.